The molecule has 1 saturated heterocycles. The Bertz CT molecular complexity index is 980. The van der Waals surface area contributed by atoms with Gasteiger partial charge in [-0.25, -0.2) is 4.79 Å². The molecular formula is C24H31N3O5. The number of aliphatic hydroxyl groups excluding tert-OH is 1. The second-order valence-electron chi connectivity index (χ2n) is 9.87. The molecule has 3 aliphatic heterocycles. The predicted octanol–water partition coefficient (Wildman–Crippen LogP) is 2.51. The molecule has 3 heterocycles. The summed E-state index contributed by atoms with van der Waals surface area (Å²) in [6.07, 6.45) is 1.43. The standard InChI is InChI=1S/C24H31N3O5/c1-14-12-26(23(31)32-24(2,3)4)10-9-17(14)15-5-6-18-16(11-15)13-27(22(18)30)19-7-8-20(28)25-21(19)29/h5-6,9,11,14,19,21,29H,7-8,10,12-13H2,1-4H3,(H,25,28). The van der Waals surface area contributed by atoms with E-state index in [2.05, 4.69) is 18.3 Å². The molecule has 32 heavy (non-hydrogen) atoms. The largest absolute Gasteiger partial charge is 0.444 e. The number of carbonyl (C=O) groups is 3. The Morgan fingerprint density at radius 3 is 2.66 bits per heavy atom. The van der Waals surface area contributed by atoms with E-state index in [1.54, 1.807) is 9.80 Å². The molecule has 3 atom stereocenters. The summed E-state index contributed by atoms with van der Waals surface area (Å²) in [6.45, 7) is 9.10. The number of nitrogens with one attached hydrogen (secondary N) is 1. The van der Waals surface area contributed by atoms with Crippen LogP contribution in [0.4, 0.5) is 4.79 Å². The predicted molar refractivity (Wildman–Crippen MR) is 118 cm³/mol. The molecule has 0 aliphatic carbocycles. The van der Waals surface area contributed by atoms with Crippen LogP contribution in [0.3, 0.4) is 0 Å². The van der Waals surface area contributed by atoms with Crippen LogP contribution in [0.2, 0.25) is 0 Å². The Labute approximate surface area is 188 Å². The molecule has 8 heteroatoms. The van der Waals surface area contributed by atoms with Crippen molar-refractivity contribution in [3.8, 4) is 0 Å². The highest BCUT2D eigenvalue weighted by atomic mass is 16.6. The zero-order chi connectivity index (χ0) is 23.2. The second kappa shape index (κ2) is 8.24. The highest BCUT2D eigenvalue weighted by Gasteiger charge is 2.39. The summed E-state index contributed by atoms with van der Waals surface area (Å²) in [5.41, 5.74) is 3.20. The molecule has 172 valence electrons. The van der Waals surface area contributed by atoms with Crippen molar-refractivity contribution in [2.75, 3.05) is 13.1 Å². The van der Waals surface area contributed by atoms with Gasteiger partial charge in [0.2, 0.25) is 5.91 Å². The highest BCUT2D eigenvalue weighted by Crippen LogP contribution is 2.34. The summed E-state index contributed by atoms with van der Waals surface area (Å²) in [5.74, 6) is -0.190. The SMILES string of the molecule is CC1CN(C(=O)OC(C)(C)C)CC=C1c1ccc2c(c1)CN(C1CCC(=O)NC1O)C2=O. The van der Waals surface area contributed by atoms with Gasteiger partial charge in [0, 0.05) is 31.6 Å². The number of rotatable bonds is 2. The van der Waals surface area contributed by atoms with Gasteiger partial charge < -0.3 is 25.0 Å². The van der Waals surface area contributed by atoms with Crippen molar-refractivity contribution >= 4 is 23.5 Å². The first-order chi connectivity index (χ1) is 15.0. The summed E-state index contributed by atoms with van der Waals surface area (Å²) in [4.78, 5) is 40.2. The van der Waals surface area contributed by atoms with E-state index < -0.39 is 17.9 Å². The van der Waals surface area contributed by atoms with E-state index in [0.29, 0.717) is 38.0 Å². The summed E-state index contributed by atoms with van der Waals surface area (Å²) in [7, 11) is 0. The number of nitrogens with zero attached hydrogens (tertiary/aromatic N) is 2. The number of hydrogen-bond acceptors (Lipinski definition) is 5. The molecule has 0 aromatic heterocycles. The van der Waals surface area contributed by atoms with E-state index in [1.807, 2.05) is 39.0 Å². The van der Waals surface area contributed by atoms with Crippen LogP contribution in [0.1, 0.15) is 62.0 Å². The fourth-order valence-corrected chi connectivity index (χ4v) is 4.68. The molecule has 0 spiro atoms. The number of piperidine rings is 1. The number of fused-ring (bicyclic) bond motifs is 1. The van der Waals surface area contributed by atoms with Gasteiger partial charge in [0.1, 0.15) is 11.8 Å². The molecule has 3 aliphatic rings. The van der Waals surface area contributed by atoms with Crippen LogP contribution in [0.15, 0.2) is 24.3 Å². The van der Waals surface area contributed by atoms with Crippen LogP contribution < -0.4 is 5.32 Å². The van der Waals surface area contributed by atoms with E-state index in [-0.39, 0.29) is 23.8 Å². The fourth-order valence-electron chi connectivity index (χ4n) is 4.68. The zero-order valence-electron chi connectivity index (χ0n) is 19.1. The van der Waals surface area contributed by atoms with E-state index in [0.717, 1.165) is 16.7 Å². The van der Waals surface area contributed by atoms with Crippen molar-refractivity contribution in [1.82, 2.24) is 15.1 Å². The normalized spacial score (nSPS) is 25.9. The van der Waals surface area contributed by atoms with Crippen LogP contribution in [0.25, 0.3) is 5.57 Å². The number of ether oxygens (including phenoxy) is 1. The molecule has 4 rings (SSSR count). The first-order valence-electron chi connectivity index (χ1n) is 11.1. The Morgan fingerprint density at radius 1 is 1.25 bits per heavy atom. The van der Waals surface area contributed by atoms with Crippen LogP contribution >= 0.6 is 0 Å². The summed E-state index contributed by atoms with van der Waals surface area (Å²) >= 11 is 0. The Hall–Kier alpha value is -2.87. The van der Waals surface area contributed by atoms with Gasteiger partial charge in [0.15, 0.2) is 0 Å². The van der Waals surface area contributed by atoms with Gasteiger partial charge in [0.25, 0.3) is 5.91 Å². The number of aliphatic hydroxyl groups is 1. The first kappa shape index (κ1) is 22.3. The molecule has 1 fully saturated rings. The summed E-state index contributed by atoms with van der Waals surface area (Å²) in [5, 5.41) is 12.8. The van der Waals surface area contributed by atoms with Gasteiger partial charge in [-0.3, -0.25) is 9.59 Å². The average molecular weight is 442 g/mol. The Morgan fingerprint density at radius 2 is 2.00 bits per heavy atom. The van der Waals surface area contributed by atoms with Gasteiger partial charge in [-0.05, 0) is 61.9 Å². The topological polar surface area (TPSA) is 99.2 Å². The maximum Gasteiger partial charge on any atom is 0.410 e. The molecule has 2 N–H and O–H groups in total. The van der Waals surface area contributed by atoms with E-state index in [9.17, 15) is 19.5 Å². The van der Waals surface area contributed by atoms with E-state index >= 15 is 0 Å². The van der Waals surface area contributed by atoms with E-state index in [1.165, 1.54) is 0 Å². The van der Waals surface area contributed by atoms with Crippen LogP contribution in [-0.2, 0) is 16.1 Å². The van der Waals surface area contributed by atoms with Gasteiger partial charge in [0.05, 0.1) is 6.04 Å². The van der Waals surface area contributed by atoms with E-state index in [4.69, 9.17) is 4.74 Å². The molecule has 3 unspecified atom stereocenters. The van der Waals surface area contributed by atoms with Crippen molar-refractivity contribution in [1.29, 1.82) is 0 Å². The minimum absolute atomic E-state index is 0.117. The van der Waals surface area contributed by atoms with Crippen molar-refractivity contribution < 1.29 is 24.2 Å². The number of hydrogen-bond donors (Lipinski definition) is 2. The minimum atomic E-state index is -1.05. The van der Waals surface area contributed by atoms with Gasteiger partial charge in [-0.2, -0.15) is 0 Å². The number of benzene rings is 1. The first-order valence-corrected chi connectivity index (χ1v) is 11.1. The molecule has 1 aromatic rings. The molecule has 0 radical (unpaired) electrons. The third-order valence-corrected chi connectivity index (χ3v) is 6.22. The van der Waals surface area contributed by atoms with Crippen molar-refractivity contribution in [3.63, 3.8) is 0 Å². The maximum absolute atomic E-state index is 12.9. The summed E-state index contributed by atoms with van der Waals surface area (Å²) in [6, 6.07) is 5.40. The van der Waals surface area contributed by atoms with Gasteiger partial charge in [-0.1, -0.05) is 19.1 Å². The number of carbonyl (C=O) groups excluding carboxylic acids is 3. The Balaban J connectivity index is 1.50. The number of amides is 3. The Kier molecular flexibility index (Phi) is 5.75. The summed E-state index contributed by atoms with van der Waals surface area (Å²) < 4.78 is 5.49. The zero-order valence-corrected chi connectivity index (χ0v) is 19.1. The lowest BCUT2D eigenvalue weighted by Gasteiger charge is -2.35. The molecule has 0 bridgehead atoms. The lowest BCUT2D eigenvalue weighted by atomic mass is 9.89. The lowest BCUT2D eigenvalue weighted by molar-refractivity contribution is -0.129. The van der Waals surface area contributed by atoms with Crippen LogP contribution in [-0.4, -0.2) is 63.8 Å². The minimum Gasteiger partial charge on any atom is -0.444 e. The van der Waals surface area contributed by atoms with Crippen molar-refractivity contribution in [3.05, 3.63) is 41.0 Å². The molecule has 8 nitrogen and oxygen atoms in total. The smallest absolute Gasteiger partial charge is 0.410 e. The molecule has 0 saturated carbocycles. The third-order valence-electron chi connectivity index (χ3n) is 6.22. The van der Waals surface area contributed by atoms with Gasteiger partial charge >= 0.3 is 6.09 Å². The van der Waals surface area contributed by atoms with Crippen LogP contribution in [0, 0.1) is 5.92 Å². The lowest BCUT2D eigenvalue weighted by Crippen LogP contribution is -2.55. The third kappa shape index (κ3) is 4.37. The monoisotopic (exact) mass is 441 g/mol. The highest BCUT2D eigenvalue weighted by molar-refractivity contribution is 5.99. The maximum atomic E-state index is 12.9. The molecule has 3 amide bonds. The fraction of sp³-hybridized carbons (Fsp3) is 0.542. The van der Waals surface area contributed by atoms with Crippen LogP contribution in [0.5, 0.6) is 0 Å². The average Bonchev–Trinajstić information content (AvgIpc) is 3.02. The van der Waals surface area contributed by atoms with Gasteiger partial charge in [-0.15, -0.1) is 0 Å². The molecule has 1 aromatic carbocycles. The molecular weight excluding hydrogens is 410 g/mol. The van der Waals surface area contributed by atoms with Crippen molar-refractivity contribution in [2.24, 2.45) is 5.92 Å². The van der Waals surface area contributed by atoms with Crippen molar-refractivity contribution in [2.45, 2.75) is 65.0 Å². The second-order valence-corrected chi connectivity index (χ2v) is 9.87. The quantitative estimate of drug-likeness (QED) is 0.735.